The molecule has 0 amide bonds. The maximum absolute atomic E-state index is 2.63. The Morgan fingerprint density at radius 1 is 0.256 bits per heavy atom. The van der Waals surface area contributed by atoms with Crippen LogP contribution >= 0.6 is 0 Å². The van der Waals surface area contributed by atoms with Crippen LogP contribution in [0.5, 0.6) is 0 Å². The second kappa shape index (κ2) is 41.3. The first-order valence-electron chi connectivity index (χ1n) is 51.3. The number of hydrogen-bond donors (Lipinski definition) is 0. The van der Waals surface area contributed by atoms with E-state index in [0.717, 1.165) is 23.7 Å². The van der Waals surface area contributed by atoms with Gasteiger partial charge in [0.05, 0.1) is 38.2 Å². The SMILES string of the molecule is Cc1c(-c2c3ccc(C(C(C)C)C(C)C)cc3cc[n+]2C)cc(C(C)(C)C)cc1C(C)(C)C.Cc1c(-c2c3ccc(C(C(C)C)C(C)C)cc3cc[n+]2C)cc(C2CCCC2)cc1C1CCCC1.Cc1cc(C2CCCC2)cc(-c2c3ccc(C(C(C)C)C(C)C)cc3cc[n+]2C)c1C.Cc1ccc(C2CCCC2)cc1-c1c2ccc(C(C(C)C)C(C)C)cc2cc[n+]1C. The summed E-state index contributed by atoms with van der Waals surface area (Å²) in [5.74, 6) is 10.5. The quantitative estimate of drug-likeness (QED) is 0.0676. The first kappa shape index (κ1) is 97.9. The molecule has 12 aromatic rings. The molecule has 8 aromatic carbocycles. The number of fused-ring (bicyclic) bond motifs is 4. The van der Waals surface area contributed by atoms with Gasteiger partial charge in [0, 0.05) is 29.8 Å². The fraction of sp³-hybridized carbons (Fsp3) is 0.520. The Kier molecular flexibility index (Phi) is 31.3. The van der Waals surface area contributed by atoms with Gasteiger partial charge in [0.1, 0.15) is 28.2 Å². The summed E-state index contributed by atoms with van der Waals surface area (Å²) in [6.45, 7) is 63.2. The van der Waals surface area contributed by atoms with Crippen LogP contribution in [0.15, 0.2) is 176 Å². The molecule has 4 saturated carbocycles. The van der Waals surface area contributed by atoms with Crippen molar-refractivity contribution in [1.82, 2.24) is 0 Å². The van der Waals surface area contributed by atoms with Crippen LogP contribution < -0.4 is 18.3 Å². The van der Waals surface area contributed by atoms with Crippen LogP contribution in [0.1, 0.15) is 386 Å². The molecule has 4 fully saturated rings. The second-order valence-corrected chi connectivity index (χ2v) is 46.0. The molecular formula is C125H170N4+4. The lowest BCUT2D eigenvalue weighted by Crippen LogP contribution is -2.31. The van der Waals surface area contributed by atoms with Crippen molar-refractivity contribution in [3.8, 4) is 45.0 Å². The van der Waals surface area contributed by atoms with E-state index in [1.807, 2.05) is 0 Å². The van der Waals surface area contributed by atoms with Gasteiger partial charge in [0.25, 0.3) is 0 Å². The number of benzene rings is 8. The van der Waals surface area contributed by atoms with Crippen molar-refractivity contribution in [1.29, 1.82) is 0 Å². The minimum atomic E-state index is 0.0954. The molecule has 0 N–H and O–H groups in total. The summed E-state index contributed by atoms with van der Waals surface area (Å²) < 4.78 is 9.32. The minimum Gasteiger partial charge on any atom is -0.200 e. The van der Waals surface area contributed by atoms with Gasteiger partial charge >= 0.3 is 0 Å². The van der Waals surface area contributed by atoms with Gasteiger partial charge in [-0.3, -0.25) is 0 Å². The van der Waals surface area contributed by atoms with Crippen LogP contribution in [-0.4, -0.2) is 0 Å². The van der Waals surface area contributed by atoms with Crippen molar-refractivity contribution in [2.75, 3.05) is 0 Å². The lowest BCUT2D eigenvalue weighted by Gasteiger charge is -2.28. The molecule has 16 rings (SSSR count). The molecule has 0 aliphatic heterocycles. The van der Waals surface area contributed by atoms with Gasteiger partial charge < -0.3 is 0 Å². The normalized spacial score (nSPS) is 15.3. The summed E-state index contributed by atoms with van der Waals surface area (Å²) >= 11 is 0. The van der Waals surface area contributed by atoms with Gasteiger partial charge in [-0.25, -0.2) is 18.3 Å². The molecule has 4 aliphatic rings. The Labute approximate surface area is 784 Å². The summed E-state index contributed by atoms with van der Waals surface area (Å²) in [6, 6.07) is 60.4. The molecule has 4 heterocycles. The number of nitrogens with zero attached hydrogens (tertiary/aromatic N) is 4. The van der Waals surface area contributed by atoms with Crippen LogP contribution in [0.3, 0.4) is 0 Å². The molecule has 0 atom stereocenters. The van der Waals surface area contributed by atoms with E-state index in [9.17, 15) is 0 Å². The average molecular weight is 1730 g/mol. The first-order valence-corrected chi connectivity index (χ1v) is 51.3. The summed E-state index contributed by atoms with van der Waals surface area (Å²) in [7, 11) is 8.82. The summed E-state index contributed by atoms with van der Waals surface area (Å²) in [5, 5.41) is 10.9. The Hall–Kier alpha value is -8.60. The van der Waals surface area contributed by atoms with Crippen molar-refractivity contribution in [3.63, 3.8) is 0 Å². The lowest BCUT2D eigenvalue weighted by atomic mass is 9.76. The van der Waals surface area contributed by atoms with E-state index in [4.69, 9.17) is 0 Å². The number of pyridine rings is 4. The molecule has 4 nitrogen and oxygen atoms in total. The first-order chi connectivity index (χ1) is 61.1. The fourth-order valence-electron chi connectivity index (χ4n) is 25.3. The third-order valence-corrected chi connectivity index (χ3v) is 31.7. The Bertz CT molecular complexity index is 5880. The summed E-state index contributed by atoms with van der Waals surface area (Å²) in [4.78, 5) is 0. The smallest absolute Gasteiger partial charge is 0.200 e. The topological polar surface area (TPSA) is 15.5 Å². The van der Waals surface area contributed by atoms with E-state index in [1.54, 1.807) is 16.7 Å². The third-order valence-electron chi connectivity index (χ3n) is 31.7. The maximum atomic E-state index is 2.63. The van der Waals surface area contributed by atoms with Crippen LogP contribution in [0, 0.1) is 82.0 Å². The standard InChI is InChI=1S/C34H46N.C32H46N.C30H40N.C29H38N/c1-22(2)33(23(3)4)28-15-16-30-27(19-28)17-18-35(6)34(30)32-21-29(25-11-7-8-12-25)20-31(24(32)5)26-13-9-10-14-26;1-20(2)29(21(3)4)24-13-14-26-23(17-24)15-16-33(12)30(26)27-18-25(31(6,7)8)19-28(22(27)5)32(9,10)11;1-19(2)29(20(3)4)25-12-13-27-24(17-25)14-15-31(7)30(27)28-18-26(16-21(5)22(28)6)23-10-8-9-11-23;1-19(2)28(20(3)4)25-13-14-26-24(17-25)15-16-30(6)29(26)27-18-23(12-11-21(27)5)22-9-7-8-10-22/h15-23,25-26,33H,7-14H2,1-6H3;13-21,29H,1-12H3;12-20,23,29H,8-11H2,1-7H3;11-20,22,28H,7-10H2,1-6H3/q4*+1. The molecule has 4 heteroatoms. The highest BCUT2D eigenvalue weighted by Gasteiger charge is 2.35. The highest BCUT2D eigenvalue weighted by Crippen LogP contribution is 2.49. The molecule has 4 aromatic heterocycles. The zero-order valence-corrected chi connectivity index (χ0v) is 86.6. The average Bonchev–Trinajstić information content (AvgIpc) is 0.929. The molecular weight excluding hydrogens is 1560 g/mol. The molecule has 0 radical (unpaired) electrons. The van der Waals surface area contributed by atoms with E-state index in [0.29, 0.717) is 71.0 Å². The van der Waals surface area contributed by atoms with E-state index < -0.39 is 0 Å². The summed E-state index contributed by atoms with van der Waals surface area (Å²) in [5.41, 5.74) is 33.5. The number of aromatic nitrogens is 4. The predicted molar refractivity (Wildman–Crippen MR) is 558 cm³/mol. The van der Waals surface area contributed by atoms with Gasteiger partial charge in [-0.15, -0.1) is 0 Å². The van der Waals surface area contributed by atoms with Crippen molar-refractivity contribution >= 4 is 43.1 Å². The van der Waals surface area contributed by atoms with E-state index >= 15 is 0 Å². The van der Waals surface area contributed by atoms with Gasteiger partial charge in [-0.2, -0.15) is 0 Å². The third kappa shape index (κ3) is 21.5. The molecule has 0 bridgehead atoms. The second-order valence-electron chi connectivity index (χ2n) is 46.0. The molecule has 0 unspecified atom stereocenters. The summed E-state index contributed by atoms with van der Waals surface area (Å²) in [6.07, 6.45) is 31.0. The predicted octanol–water partition coefficient (Wildman–Crippen LogP) is 33.7. The van der Waals surface area contributed by atoms with Crippen LogP contribution in [-0.2, 0) is 39.0 Å². The van der Waals surface area contributed by atoms with Crippen molar-refractivity contribution in [3.05, 3.63) is 260 Å². The van der Waals surface area contributed by atoms with Gasteiger partial charge in [0.2, 0.25) is 22.8 Å². The molecule has 4 aliphatic carbocycles. The van der Waals surface area contributed by atoms with Crippen molar-refractivity contribution in [2.45, 2.75) is 348 Å². The lowest BCUT2D eigenvalue weighted by molar-refractivity contribution is -0.659. The van der Waals surface area contributed by atoms with Gasteiger partial charge in [0.15, 0.2) is 24.8 Å². The Morgan fingerprint density at radius 3 is 0.860 bits per heavy atom. The minimum absolute atomic E-state index is 0.0954. The van der Waals surface area contributed by atoms with Gasteiger partial charge in [-0.1, -0.05) is 283 Å². The largest absolute Gasteiger partial charge is 0.220 e. The highest BCUT2D eigenvalue weighted by molar-refractivity contribution is 5.98. The van der Waals surface area contributed by atoms with Crippen molar-refractivity contribution in [2.24, 2.45) is 75.5 Å². The van der Waals surface area contributed by atoms with Crippen LogP contribution in [0.4, 0.5) is 0 Å². The fourth-order valence-corrected chi connectivity index (χ4v) is 25.3. The van der Waals surface area contributed by atoms with Gasteiger partial charge in [-0.05, 0) is 345 Å². The van der Waals surface area contributed by atoms with Crippen LogP contribution in [0.2, 0.25) is 0 Å². The van der Waals surface area contributed by atoms with E-state index in [2.05, 4.69) is 410 Å². The Morgan fingerprint density at radius 2 is 0.543 bits per heavy atom. The van der Waals surface area contributed by atoms with Crippen LogP contribution in [0.25, 0.3) is 88.1 Å². The number of rotatable bonds is 20. The molecule has 0 saturated heterocycles. The van der Waals surface area contributed by atoms with E-state index in [-0.39, 0.29) is 10.8 Å². The van der Waals surface area contributed by atoms with E-state index in [1.165, 1.54) is 258 Å². The highest BCUT2D eigenvalue weighted by atomic mass is 14.9. The number of aryl methyl sites for hydroxylation is 6. The zero-order chi connectivity index (χ0) is 93.3. The number of hydrogen-bond acceptors (Lipinski definition) is 0. The molecule has 686 valence electrons. The molecule has 0 spiro atoms. The maximum Gasteiger partial charge on any atom is 0.220 e. The Balaban J connectivity index is 0.000000147. The monoisotopic (exact) mass is 1730 g/mol. The molecule has 129 heavy (non-hydrogen) atoms. The zero-order valence-electron chi connectivity index (χ0n) is 86.6. The van der Waals surface area contributed by atoms with Crippen molar-refractivity contribution < 1.29 is 18.3 Å².